The highest BCUT2D eigenvalue weighted by atomic mass is 31.1. The molecule has 0 aliphatic carbocycles. The summed E-state index contributed by atoms with van der Waals surface area (Å²) in [6.45, 7) is 0. The first-order valence-corrected chi connectivity index (χ1v) is 13.0. The molecule has 0 amide bonds. The molecule has 4 aromatic carbocycles. The molecule has 0 radical (unpaired) electrons. The van der Waals surface area contributed by atoms with Crippen molar-refractivity contribution < 1.29 is 32.4 Å². The molecule has 4 rings (SSSR count). The normalized spacial score (nSPS) is 14.4. The van der Waals surface area contributed by atoms with E-state index >= 15 is 4.79 Å². The lowest BCUT2D eigenvalue weighted by Gasteiger charge is -2.40. The Labute approximate surface area is 223 Å². The molecule has 0 saturated carbocycles. The Bertz CT molecular complexity index is 1310. The summed E-state index contributed by atoms with van der Waals surface area (Å²) >= 11 is 0. The molecule has 0 bridgehead atoms. The van der Waals surface area contributed by atoms with Crippen LogP contribution >= 0.6 is 17.4 Å². The van der Waals surface area contributed by atoms with Crippen LogP contribution in [0.15, 0.2) is 109 Å². The number of methoxy groups -OCH3 is 2. The number of carbonyl (C=O) groups is 1. The predicted molar refractivity (Wildman–Crippen MR) is 143 cm³/mol. The van der Waals surface area contributed by atoms with Gasteiger partial charge in [0.1, 0.15) is 11.5 Å². The first kappa shape index (κ1) is 27.3. The summed E-state index contributed by atoms with van der Waals surface area (Å²) in [6.07, 6.45) is 0. The second-order valence-electron chi connectivity index (χ2n) is 8.22. The molecule has 0 aromatic heterocycles. The lowest BCUT2D eigenvalue weighted by Crippen LogP contribution is -2.51. The van der Waals surface area contributed by atoms with Crippen molar-refractivity contribution in [1.82, 2.24) is 0 Å². The van der Waals surface area contributed by atoms with Gasteiger partial charge in [0, 0.05) is 11.1 Å². The minimum atomic E-state index is -1.98. The van der Waals surface area contributed by atoms with Crippen LogP contribution in [0.3, 0.4) is 0 Å². The summed E-state index contributed by atoms with van der Waals surface area (Å²) < 4.78 is 47.2. The largest absolute Gasteiger partial charge is 0.497 e. The van der Waals surface area contributed by atoms with Crippen LogP contribution in [0.25, 0.3) is 0 Å². The van der Waals surface area contributed by atoms with Crippen molar-refractivity contribution in [3.63, 3.8) is 0 Å². The molecule has 4 aromatic rings. The summed E-state index contributed by atoms with van der Waals surface area (Å²) in [7, 11) is 1.48. The summed E-state index contributed by atoms with van der Waals surface area (Å²) in [6, 6.07) is 30.8. The Balaban J connectivity index is 2.15. The van der Waals surface area contributed by atoms with E-state index in [1.807, 2.05) is 0 Å². The molecule has 192 valence electrons. The van der Waals surface area contributed by atoms with Crippen LogP contribution in [-0.2, 0) is 34.2 Å². The number of ether oxygens (including phenoxy) is 2. The van der Waals surface area contributed by atoms with E-state index in [0.717, 1.165) is 0 Å². The Morgan fingerprint density at radius 2 is 0.921 bits per heavy atom. The minimum absolute atomic E-state index is 0.339. The van der Waals surface area contributed by atoms with Gasteiger partial charge in [0.25, 0.3) is 0 Å². The van der Waals surface area contributed by atoms with E-state index in [1.165, 1.54) is 14.2 Å². The van der Waals surface area contributed by atoms with Crippen LogP contribution < -0.4 is 9.47 Å². The Hall–Kier alpha value is -3.73. The number of benzene rings is 4. The summed E-state index contributed by atoms with van der Waals surface area (Å²) in [5.74, 6) is 0.225. The standard InChI is InChI=1S/C29H24O7P2/c1-33-25-17-9-15-23(19-25)28(35-37-31,21-11-5-3-6-12-21)27(30)29(36-38-32,22-13-7-4-8-14-22)24-16-10-18-26(20-24)34-2/h3-20H,1-2H3. The van der Waals surface area contributed by atoms with Gasteiger partial charge in [-0.1, -0.05) is 84.9 Å². The van der Waals surface area contributed by atoms with E-state index in [-0.39, 0.29) is 0 Å². The maximum Gasteiger partial charge on any atom is 0.329 e. The molecular formula is C29H24O7P2. The molecule has 0 saturated heterocycles. The van der Waals surface area contributed by atoms with E-state index < -0.39 is 34.4 Å². The molecule has 38 heavy (non-hydrogen) atoms. The van der Waals surface area contributed by atoms with Crippen molar-refractivity contribution in [2.24, 2.45) is 0 Å². The smallest absolute Gasteiger partial charge is 0.329 e. The minimum Gasteiger partial charge on any atom is -0.497 e. The number of rotatable bonds is 12. The molecule has 0 aliphatic heterocycles. The third kappa shape index (κ3) is 4.90. The number of Topliss-reactive ketones (excluding diaryl/α,β-unsaturated/α-hetero) is 1. The number of carbonyl (C=O) groups excluding carboxylic acids is 1. The lowest BCUT2D eigenvalue weighted by molar-refractivity contribution is -0.145. The Morgan fingerprint density at radius 1 is 0.553 bits per heavy atom. The van der Waals surface area contributed by atoms with Crippen LogP contribution in [0, 0.1) is 0 Å². The van der Waals surface area contributed by atoms with Gasteiger partial charge in [0.15, 0.2) is 11.2 Å². The van der Waals surface area contributed by atoms with Gasteiger partial charge >= 0.3 is 17.4 Å². The van der Waals surface area contributed by atoms with Gasteiger partial charge in [-0.3, -0.25) is 13.8 Å². The zero-order valence-electron chi connectivity index (χ0n) is 20.6. The molecule has 2 atom stereocenters. The Morgan fingerprint density at radius 3 is 1.26 bits per heavy atom. The lowest BCUT2D eigenvalue weighted by atomic mass is 9.71. The summed E-state index contributed by atoms with van der Waals surface area (Å²) in [4.78, 5) is 15.2. The third-order valence-corrected chi connectivity index (χ3v) is 7.00. The molecule has 7 nitrogen and oxygen atoms in total. The maximum absolute atomic E-state index is 15.2. The zero-order valence-corrected chi connectivity index (χ0v) is 22.4. The van der Waals surface area contributed by atoms with Gasteiger partial charge in [-0.15, -0.1) is 0 Å². The van der Waals surface area contributed by atoms with E-state index in [4.69, 9.17) is 18.5 Å². The molecule has 0 fully saturated rings. The average Bonchev–Trinajstić information content (AvgIpc) is 2.99. The van der Waals surface area contributed by atoms with E-state index in [0.29, 0.717) is 33.8 Å². The van der Waals surface area contributed by atoms with Gasteiger partial charge in [0.2, 0.25) is 5.78 Å². The highest BCUT2D eigenvalue weighted by molar-refractivity contribution is 7.17. The van der Waals surface area contributed by atoms with Crippen LogP contribution in [0.2, 0.25) is 0 Å². The quantitative estimate of drug-likeness (QED) is 0.179. The van der Waals surface area contributed by atoms with Gasteiger partial charge in [-0.05, 0) is 35.4 Å². The number of hydrogen-bond donors (Lipinski definition) is 0. The highest BCUT2D eigenvalue weighted by Crippen LogP contribution is 2.49. The van der Waals surface area contributed by atoms with Gasteiger partial charge in [-0.2, -0.15) is 0 Å². The third-order valence-electron chi connectivity index (χ3n) is 6.30. The Kier molecular flexibility index (Phi) is 8.77. The van der Waals surface area contributed by atoms with Crippen LogP contribution in [-0.4, -0.2) is 20.0 Å². The molecule has 2 unspecified atom stereocenters. The maximum atomic E-state index is 15.2. The first-order valence-electron chi connectivity index (χ1n) is 11.5. The van der Waals surface area contributed by atoms with Crippen molar-refractivity contribution in [3.05, 3.63) is 131 Å². The molecule has 9 heteroatoms. The predicted octanol–water partition coefficient (Wildman–Crippen LogP) is 6.91. The summed E-state index contributed by atoms with van der Waals surface area (Å²) in [5, 5.41) is 0. The first-order chi connectivity index (χ1) is 18.6. The number of ketones is 1. The highest BCUT2D eigenvalue weighted by Gasteiger charge is 2.57. The van der Waals surface area contributed by atoms with E-state index in [1.54, 1.807) is 109 Å². The summed E-state index contributed by atoms with van der Waals surface area (Å²) in [5.41, 5.74) is -2.52. The molecule has 0 spiro atoms. The average molecular weight is 546 g/mol. The second-order valence-corrected chi connectivity index (χ2v) is 8.88. The fourth-order valence-corrected chi connectivity index (χ4v) is 5.35. The monoisotopic (exact) mass is 546 g/mol. The fourth-order valence-electron chi connectivity index (χ4n) is 4.54. The second kappa shape index (κ2) is 12.2. The van der Waals surface area contributed by atoms with Gasteiger partial charge < -0.3 is 9.47 Å². The van der Waals surface area contributed by atoms with Crippen molar-refractivity contribution in [3.8, 4) is 11.5 Å². The molecule has 0 heterocycles. The van der Waals surface area contributed by atoms with E-state index in [2.05, 4.69) is 0 Å². The zero-order chi connectivity index (χ0) is 27.0. The van der Waals surface area contributed by atoms with Crippen LogP contribution in [0.1, 0.15) is 22.3 Å². The van der Waals surface area contributed by atoms with Crippen molar-refractivity contribution >= 4 is 23.2 Å². The molecule has 0 N–H and O–H groups in total. The van der Waals surface area contributed by atoms with Crippen LogP contribution in [0.4, 0.5) is 0 Å². The topological polar surface area (TPSA) is 88.1 Å². The van der Waals surface area contributed by atoms with Gasteiger partial charge in [0.05, 0.1) is 14.2 Å². The van der Waals surface area contributed by atoms with Crippen molar-refractivity contribution in [1.29, 1.82) is 0 Å². The SMILES string of the molecule is COc1cccc(C(OP=O)(C(=O)C(OP=O)(c2ccccc2)c2cccc(OC)c2)c2ccccc2)c1. The fraction of sp³-hybridized carbons (Fsp3) is 0.138. The molecular weight excluding hydrogens is 522 g/mol. The molecule has 0 aliphatic rings. The number of hydrogen-bond acceptors (Lipinski definition) is 7. The van der Waals surface area contributed by atoms with Crippen molar-refractivity contribution in [2.45, 2.75) is 11.2 Å². The van der Waals surface area contributed by atoms with Gasteiger partial charge in [-0.25, -0.2) is 9.13 Å². The van der Waals surface area contributed by atoms with E-state index in [9.17, 15) is 9.13 Å². The van der Waals surface area contributed by atoms with Crippen LogP contribution in [0.5, 0.6) is 11.5 Å². The van der Waals surface area contributed by atoms with Crippen molar-refractivity contribution in [2.75, 3.05) is 14.2 Å².